The molecule has 1 heterocycles. The Labute approximate surface area is 153 Å². The molecular formula is C19H26N4O3. The molecule has 1 spiro atoms. The zero-order valence-electron chi connectivity index (χ0n) is 15.3. The molecule has 1 aliphatic heterocycles. The van der Waals surface area contributed by atoms with Crippen LogP contribution in [-0.2, 0) is 9.59 Å². The highest BCUT2D eigenvalue weighted by Crippen LogP contribution is 2.35. The molecule has 0 radical (unpaired) electrons. The average Bonchev–Trinajstić information content (AvgIpc) is 2.87. The standard InChI is InChI=1S/C19H26N4O3/c1-3-22(15-7-5-4-6-8-15)13-16(24)21-23-17(25)19(20-18(23)26)11-9-14(2)10-12-19/h4-8,14H,3,9-13H2,1-2H3,(H,20,26)(H,21,24). The molecule has 0 bridgehead atoms. The predicted molar refractivity (Wildman–Crippen MR) is 98.2 cm³/mol. The van der Waals surface area contributed by atoms with Gasteiger partial charge in [-0.3, -0.25) is 15.0 Å². The topological polar surface area (TPSA) is 81.8 Å². The van der Waals surface area contributed by atoms with Crippen LogP contribution in [-0.4, -0.2) is 41.5 Å². The molecule has 4 amide bonds. The van der Waals surface area contributed by atoms with Crippen molar-refractivity contribution in [1.29, 1.82) is 0 Å². The van der Waals surface area contributed by atoms with E-state index in [1.54, 1.807) is 0 Å². The van der Waals surface area contributed by atoms with Crippen LogP contribution in [0.3, 0.4) is 0 Å². The van der Waals surface area contributed by atoms with Crippen molar-refractivity contribution in [2.75, 3.05) is 18.0 Å². The van der Waals surface area contributed by atoms with E-state index < -0.39 is 11.6 Å². The normalized spacial score (nSPS) is 25.3. The number of anilines is 1. The maximum Gasteiger partial charge on any atom is 0.344 e. The van der Waals surface area contributed by atoms with Gasteiger partial charge in [0.05, 0.1) is 6.54 Å². The van der Waals surface area contributed by atoms with Gasteiger partial charge in [-0.15, -0.1) is 0 Å². The fourth-order valence-electron chi connectivity index (χ4n) is 3.67. The molecule has 0 atom stereocenters. The molecule has 0 unspecified atom stereocenters. The van der Waals surface area contributed by atoms with Gasteiger partial charge in [-0.2, -0.15) is 5.01 Å². The van der Waals surface area contributed by atoms with E-state index in [1.807, 2.05) is 42.2 Å². The molecule has 7 nitrogen and oxygen atoms in total. The van der Waals surface area contributed by atoms with E-state index in [0.717, 1.165) is 23.5 Å². The van der Waals surface area contributed by atoms with Crippen molar-refractivity contribution >= 4 is 23.5 Å². The summed E-state index contributed by atoms with van der Waals surface area (Å²) in [5.41, 5.74) is 2.56. The number of rotatable bonds is 5. The highest BCUT2D eigenvalue weighted by Gasteiger charge is 2.52. The molecule has 0 aromatic heterocycles. The Morgan fingerprint density at radius 1 is 1.27 bits per heavy atom. The second-order valence-corrected chi connectivity index (χ2v) is 7.22. The number of urea groups is 1. The Bertz CT molecular complexity index is 683. The van der Waals surface area contributed by atoms with Crippen LogP contribution in [0.5, 0.6) is 0 Å². The molecule has 1 saturated heterocycles. The van der Waals surface area contributed by atoms with E-state index in [2.05, 4.69) is 17.7 Å². The molecule has 2 aliphatic rings. The fraction of sp³-hybridized carbons (Fsp3) is 0.526. The van der Waals surface area contributed by atoms with E-state index in [0.29, 0.717) is 25.3 Å². The molecule has 1 aromatic carbocycles. The number of hydrazine groups is 1. The molecule has 26 heavy (non-hydrogen) atoms. The zero-order chi connectivity index (χ0) is 18.7. The van der Waals surface area contributed by atoms with Crippen LogP contribution in [0.2, 0.25) is 0 Å². The quantitative estimate of drug-likeness (QED) is 0.789. The largest absolute Gasteiger partial charge is 0.362 e. The molecule has 1 saturated carbocycles. The van der Waals surface area contributed by atoms with Crippen molar-refractivity contribution in [3.8, 4) is 0 Å². The lowest BCUT2D eigenvalue weighted by molar-refractivity contribution is -0.139. The Morgan fingerprint density at radius 2 is 1.92 bits per heavy atom. The van der Waals surface area contributed by atoms with Crippen LogP contribution in [0.25, 0.3) is 0 Å². The van der Waals surface area contributed by atoms with Gasteiger partial charge in [-0.05, 0) is 50.7 Å². The van der Waals surface area contributed by atoms with Gasteiger partial charge in [-0.1, -0.05) is 25.1 Å². The minimum absolute atomic E-state index is 0.0710. The first-order valence-electron chi connectivity index (χ1n) is 9.21. The Balaban J connectivity index is 1.64. The lowest BCUT2D eigenvalue weighted by atomic mass is 9.77. The van der Waals surface area contributed by atoms with Crippen molar-refractivity contribution < 1.29 is 14.4 Å². The molecule has 2 N–H and O–H groups in total. The summed E-state index contributed by atoms with van der Waals surface area (Å²) < 4.78 is 0. The molecule has 1 aliphatic carbocycles. The first-order chi connectivity index (χ1) is 12.4. The highest BCUT2D eigenvalue weighted by molar-refractivity contribution is 6.08. The van der Waals surface area contributed by atoms with Gasteiger partial charge >= 0.3 is 6.03 Å². The summed E-state index contributed by atoms with van der Waals surface area (Å²) in [6.07, 6.45) is 3.03. The second-order valence-electron chi connectivity index (χ2n) is 7.22. The van der Waals surface area contributed by atoms with Gasteiger partial charge in [0, 0.05) is 12.2 Å². The lowest BCUT2D eigenvalue weighted by Gasteiger charge is -2.33. The number of amides is 4. The van der Waals surface area contributed by atoms with E-state index in [-0.39, 0.29) is 18.4 Å². The highest BCUT2D eigenvalue weighted by atomic mass is 16.2. The van der Waals surface area contributed by atoms with Gasteiger partial charge in [0.15, 0.2) is 0 Å². The van der Waals surface area contributed by atoms with Crippen molar-refractivity contribution in [2.24, 2.45) is 5.92 Å². The first-order valence-corrected chi connectivity index (χ1v) is 9.21. The number of carbonyl (C=O) groups is 3. The minimum Gasteiger partial charge on any atom is -0.362 e. The summed E-state index contributed by atoms with van der Waals surface area (Å²) in [7, 11) is 0. The maximum atomic E-state index is 12.8. The third-order valence-electron chi connectivity index (χ3n) is 5.36. The van der Waals surface area contributed by atoms with E-state index in [1.165, 1.54) is 0 Å². The number of likely N-dealkylation sites (N-methyl/N-ethyl adjacent to an activating group) is 1. The SMILES string of the molecule is CCN(CC(=O)NN1C(=O)NC2(CCC(C)CC2)C1=O)c1ccccc1. The second kappa shape index (κ2) is 7.35. The first kappa shape index (κ1) is 18.2. The smallest absolute Gasteiger partial charge is 0.344 e. The number of nitrogens with one attached hydrogen (secondary N) is 2. The van der Waals surface area contributed by atoms with E-state index in [4.69, 9.17) is 0 Å². The minimum atomic E-state index is -0.846. The zero-order valence-corrected chi connectivity index (χ0v) is 15.3. The monoisotopic (exact) mass is 358 g/mol. The summed E-state index contributed by atoms with van der Waals surface area (Å²) >= 11 is 0. The number of nitrogens with zero attached hydrogens (tertiary/aromatic N) is 2. The molecule has 7 heteroatoms. The Morgan fingerprint density at radius 3 is 2.54 bits per heavy atom. The summed E-state index contributed by atoms with van der Waals surface area (Å²) in [4.78, 5) is 39.4. The Kier molecular flexibility index (Phi) is 5.15. The van der Waals surface area contributed by atoms with Gasteiger partial charge in [0.2, 0.25) is 0 Å². The lowest BCUT2D eigenvalue weighted by Crippen LogP contribution is -2.52. The average molecular weight is 358 g/mol. The number of hydrogen-bond donors (Lipinski definition) is 2. The van der Waals surface area contributed by atoms with Crippen LogP contribution in [0.4, 0.5) is 10.5 Å². The predicted octanol–water partition coefficient (Wildman–Crippen LogP) is 2.04. The van der Waals surface area contributed by atoms with Crippen molar-refractivity contribution in [2.45, 2.75) is 45.1 Å². The van der Waals surface area contributed by atoms with Crippen molar-refractivity contribution in [3.05, 3.63) is 30.3 Å². The van der Waals surface area contributed by atoms with E-state index in [9.17, 15) is 14.4 Å². The number of imide groups is 1. The molecule has 1 aromatic rings. The van der Waals surface area contributed by atoms with Crippen LogP contribution in [0.15, 0.2) is 30.3 Å². The van der Waals surface area contributed by atoms with Gasteiger partial charge in [0.1, 0.15) is 5.54 Å². The van der Waals surface area contributed by atoms with Crippen LogP contribution >= 0.6 is 0 Å². The van der Waals surface area contributed by atoms with Crippen molar-refractivity contribution in [3.63, 3.8) is 0 Å². The van der Waals surface area contributed by atoms with Crippen molar-refractivity contribution in [1.82, 2.24) is 15.8 Å². The molecular weight excluding hydrogens is 332 g/mol. The third kappa shape index (κ3) is 3.52. The van der Waals surface area contributed by atoms with Crippen LogP contribution in [0.1, 0.15) is 39.5 Å². The molecule has 140 valence electrons. The fourth-order valence-corrected chi connectivity index (χ4v) is 3.67. The number of carbonyl (C=O) groups excluding carboxylic acids is 3. The number of benzene rings is 1. The van der Waals surface area contributed by atoms with Gasteiger partial charge < -0.3 is 10.2 Å². The maximum absolute atomic E-state index is 12.8. The molecule has 2 fully saturated rings. The summed E-state index contributed by atoms with van der Waals surface area (Å²) in [6, 6.07) is 9.02. The number of para-hydroxylation sites is 1. The number of hydrogen-bond acceptors (Lipinski definition) is 4. The Hall–Kier alpha value is -2.57. The molecule has 3 rings (SSSR count). The van der Waals surface area contributed by atoms with Crippen LogP contribution in [0, 0.1) is 5.92 Å². The van der Waals surface area contributed by atoms with Gasteiger partial charge in [-0.25, -0.2) is 4.79 Å². The van der Waals surface area contributed by atoms with Gasteiger partial charge in [0.25, 0.3) is 11.8 Å². The third-order valence-corrected chi connectivity index (χ3v) is 5.36. The summed E-state index contributed by atoms with van der Waals surface area (Å²) in [5.74, 6) is -0.177. The summed E-state index contributed by atoms with van der Waals surface area (Å²) in [6.45, 7) is 4.81. The summed E-state index contributed by atoms with van der Waals surface area (Å²) in [5, 5.41) is 3.66. The van der Waals surface area contributed by atoms with E-state index >= 15 is 0 Å². The van der Waals surface area contributed by atoms with Crippen LogP contribution < -0.4 is 15.6 Å².